The highest BCUT2D eigenvalue weighted by molar-refractivity contribution is 8.00. The molecular formula is C10H10Cl2O2S. The van der Waals surface area contributed by atoms with E-state index < -0.39 is 0 Å². The fraction of sp³-hybridized carbons (Fsp3) is 0.300. The summed E-state index contributed by atoms with van der Waals surface area (Å²) in [7, 11) is 0. The van der Waals surface area contributed by atoms with Crippen molar-refractivity contribution in [3.8, 4) is 0 Å². The molecule has 0 heterocycles. The van der Waals surface area contributed by atoms with Crippen molar-refractivity contribution in [2.24, 2.45) is 0 Å². The Bertz CT molecular complexity index is 355. The van der Waals surface area contributed by atoms with E-state index in [1.54, 1.807) is 25.1 Å². The lowest BCUT2D eigenvalue weighted by Gasteiger charge is -2.04. The zero-order valence-corrected chi connectivity index (χ0v) is 10.5. The normalized spacial score (nSPS) is 10.1. The fourth-order valence-corrected chi connectivity index (χ4v) is 2.22. The Hall–Kier alpha value is -0.380. The molecule has 15 heavy (non-hydrogen) atoms. The van der Waals surface area contributed by atoms with Crippen LogP contribution >= 0.6 is 35.0 Å². The Labute approximate surface area is 103 Å². The summed E-state index contributed by atoms with van der Waals surface area (Å²) in [5.74, 6) is -0.00740. The predicted molar refractivity (Wildman–Crippen MR) is 63.8 cm³/mol. The molecule has 5 heteroatoms. The lowest BCUT2D eigenvalue weighted by molar-refractivity contribution is -0.139. The number of hydrogen-bond acceptors (Lipinski definition) is 3. The second kappa shape index (κ2) is 6.26. The first-order valence-corrected chi connectivity index (χ1v) is 6.11. The lowest BCUT2D eigenvalue weighted by Crippen LogP contribution is -2.06. The number of carbonyl (C=O) groups excluding carboxylic acids is 1. The van der Waals surface area contributed by atoms with Crippen molar-refractivity contribution in [2.45, 2.75) is 11.8 Å². The SMILES string of the molecule is CCOC(=O)CSc1cc(Cl)ccc1Cl. The highest BCUT2D eigenvalue weighted by atomic mass is 35.5. The Morgan fingerprint density at radius 2 is 2.20 bits per heavy atom. The summed E-state index contributed by atoms with van der Waals surface area (Å²) in [6.07, 6.45) is 0. The van der Waals surface area contributed by atoms with Crippen molar-refractivity contribution in [1.29, 1.82) is 0 Å². The van der Waals surface area contributed by atoms with E-state index >= 15 is 0 Å². The fourth-order valence-electron chi connectivity index (χ4n) is 0.927. The highest BCUT2D eigenvalue weighted by Gasteiger charge is 2.06. The zero-order valence-electron chi connectivity index (χ0n) is 8.13. The number of hydrogen-bond donors (Lipinski definition) is 0. The van der Waals surface area contributed by atoms with E-state index in [1.807, 2.05) is 0 Å². The molecule has 0 saturated heterocycles. The number of carbonyl (C=O) groups is 1. The van der Waals surface area contributed by atoms with Crippen LogP contribution in [0.2, 0.25) is 10.0 Å². The van der Waals surface area contributed by atoms with E-state index in [1.165, 1.54) is 11.8 Å². The number of halogens is 2. The molecule has 0 aliphatic rings. The molecule has 0 aliphatic carbocycles. The van der Waals surface area contributed by atoms with Crippen molar-refractivity contribution >= 4 is 40.9 Å². The molecule has 0 radical (unpaired) electrons. The molecule has 0 amide bonds. The Morgan fingerprint density at radius 1 is 1.47 bits per heavy atom. The van der Waals surface area contributed by atoms with Gasteiger partial charge in [0.1, 0.15) is 0 Å². The lowest BCUT2D eigenvalue weighted by atomic mass is 10.4. The van der Waals surface area contributed by atoms with E-state index in [0.29, 0.717) is 16.7 Å². The summed E-state index contributed by atoms with van der Waals surface area (Å²) < 4.78 is 4.80. The monoisotopic (exact) mass is 264 g/mol. The summed E-state index contributed by atoms with van der Waals surface area (Å²) in [5, 5.41) is 1.19. The molecule has 1 aromatic carbocycles. The van der Waals surface area contributed by atoms with E-state index in [2.05, 4.69) is 0 Å². The van der Waals surface area contributed by atoms with Crippen LogP contribution in [0.1, 0.15) is 6.92 Å². The van der Waals surface area contributed by atoms with Gasteiger partial charge in [0.25, 0.3) is 0 Å². The third-order valence-electron chi connectivity index (χ3n) is 1.54. The Kier molecular flexibility index (Phi) is 5.29. The van der Waals surface area contributed by atoms with Gasteiger partial charge in [-0.3, -0.25) is 4.79 Å². The number of esters is 1. The van der Waals surface area contributed by atoms with Crippen LogP contribution in [0.3, 0.4) is 0 Å². The average Bonchev–Trinajstić information content (AvgIpc) is 2.20. The number of rotatable bonds is 4. The van der Waals surface area contributed by atoms with Gasteiger partial charge in [0, 0.05) is 9.92 Å². The van der Waals surface area contributed by atoms with Gasteiger partial charge in [-0.15, -0.1) is 11.8 Å². The molecule has 0 fully saturated rings. The maximum atomic E-state index is 11.1. The molecule has 0 bridgehead atoms. The molecule has 82 valence electrons. The van der Waals surface area contributed by atoms with Crippen LogP contribution in [0, 0.1) is 0 Å². The molecule has 0 saturated carbocycles. The molecule has 0 unspecified atom stereocenters. The summed E-state index contributed by atoms with van der Waals surface area (Å²) in [6.45, 7) is 2.16. The molecule has 0 aromatic heterocycles. The van der Waals surface area contributed by atoms with Gasteiger partial charge in [0.15, 0.2) is 0 Å². The number of benzene rings is 1. The van der Waals surface area contributed by atoms with Gasteiger partial charge in [-0.2, -0.15) is 0 Å². The predicted octanol–water partition coefficient (Wildman–Crippen LogP) is 3.65. The Morgan fingerprint density at radius 3 is 2.87 bits per heavy atom. The summed E-state index contributed by atoms with van der Waals surface area (Å²) in [6, 6.07) is 5.14. The van der Waals surface area contributed by atoms with E-state index in [-0.39, 0.29) is 11.7 Å². The van der Waals surface area contributed by atoms with Gasteiger partial charge in [0.05, 0.1) is 17.4 Å². The minimum absolute atomic E-state index is 0.244. The van der Waals surface area contributed by atoms with E-state index in [9.17, 15) is 4.79 Å². The van der Waals surface area contributed by atoms with E-state index in [0.717, 1.165) is 4.90 Å². The number of thioether (sulfide) groups is 1. The molecule has 0 N–H and O–H groups in total. The van der Waals surface area contributed by atoms with E-state index in [4.69, 9.17) is 27.9 Å². The third-order valence-corrected chi connectivity index (χ3v) is 3.25. The topological polar surface area (TPSA) is 26.3 Å². The molecule has 1 rings (SSSR count). The van der Waals surface area contributed by atoms with Crippen molar-refractivity contribution in [1.82, 2.24) is 0 Å². The van der Waals surface area contributed by atoms with Gasteiger partial charge in [-0.05, 0) is 25.1 Å². The standard InChI is InChI=1S/C10H10Cl2O2S/c1-2-14-10(13)6-15-9-5-7(11)3-4-8(9)12/h3-5H,2,6H2,1H3. The molecular weight excluding hydrogens is 255 g/mol. The largest absolute Gasteiger partial charge is 0.465 e. The van der Waals surface area contributed by atoms with Crippen LogP contribution in [0.25, 0.3) is 0 Å². The van der Waals surface area contributed by atoms with Crippen molar-refractivity contribution in [3.63, 3.8) is 0 Å². The molecule has 0 aliphatic heterocycles. The number of ether oxygens (including phenoxy) is 1. The quantitative estimate of drug-likeness (QED) is 0.614. The molecule has 2 nitrogen and oxygen atoms in total. The second-order valence-electron chi connectivity index (χ2n) is 2.67. The molecule has 0 atom stereocenters. The average molecular weight is 265 g/mol. The van der Waals surface area contributed by atoms with Crippen LogP contribution in [-0.4, -0.2) is 18.3 Å². The minimum atomic E-state index is -0.251. The molecule has 1 aromatic rings. The first kappa shape index (κ1) is 12.7. The van der Waals surface area contributed by atoms with Crippen LogP contribution in [0.15, 0.2) is 23.1 Å². The first-order chi connectivity index (χ1) is 7.13. The molecule has 0 spiro atoms. The smallest absolute Gasteiger partial charge is 0.316 e. The first-order valence-electron chi connectivity index (χ1n) is 4.37. The Balaban J connectivity index is 2.57. The van der Waals surface area contributed by atoms with Crippen LogP contribution in [0.5, 0.6) is 0 Å². The second-order valence-corrected chi connectivity index (χ2v) is 4.53. The van der Waals surface area contributed by atoms with Crippen molar-refractivity contribution in [3.05, 3.63) is 28.2 Å². The highest BCUT2D eigenvalue weighted by Crippen LogP contribution is 2.29. The summed E-state index contributed by atoms with van der Waals surface area (Å²) in [5.41, 5.74) is 0. The van der Waals surface area contributed by atoms with Gasteiger partial charge in [-0.1, -0.05) is 23.2 Å². The third kappa shape index (κ3) is 4.33. The summed E-state index contributed by atoms with van der Waals surface area (Å²) in [4.78, 5) is 11.9. The summed E-state index contributed by atoms with van der Waals surface area (Å²) >= 11 is 13.0. The van der Waals surface area contributed by atoms with Gasteiger partial charge in [-0.25, -0.2) is 0 Å². The van der Waals surface area contributed by atoms with Gasteiger partial charge in [0.2, 0.25) is 0 Å². The van der Waals surface area contributed by atoms with Crippen LogP contribution in [0.4, 0.5) is 0 Å². The zero-order chi connectivity index (χ0) is 11.3. The van der Waals surface area contributed by atoms with Crippen LogP contribution < -0.4 is 0 Å². The van der Waals surface area contributed by atoms with Crippen molar-refractivity contribution < 1.29 is 9.53 Å². The van der Waals surface area contributed by atoms with Gasteiger partial charge >= 0.3 is 5.97 Å². The minimum Gasteiger partial charge on any atom is -0.465 e. The maximum absolute atomic E-state index is 11.1. The van der Waals surface area contributed by atoms with Crippen molar-refractivity contribution in [2.75, 3.05) is 12.4 Å². The van der Waals surface area contributed by atoms with Crippen LogP contribution in [-0.2, 0) is 9.53 Å². The maximum Gasteiger partial charge on any atom is 0.316 e. The van der Waals surface area contributed by atoms with Gasteiger partial charge < -0.3 is 4.74 Å².